The van der Waals surface area contributed by atoms with Crippen LogP contribution in [0.15, 0.2) is 36.5 Å². The van der Waals surface area contributed by atoms with E-state index < -0.39 is 0 Å². The summed E-state index contributed by atoms with van der Waals surface area (Å²) in [5.41, 5.74) is 3.99. The first-order chi connectivity index (χ1) is 12.7. The van der Waals surface area contributed by atoms with Crippen LogP contribution in [-0.2, 0) is 17.9 Å². The summed E-state index contributed by atoms with van der Waals surface area (Å²) in [6.45, 7) is 5.77. The van der Waals surface area contributed by atoms with E-state index >= 15 is 0 Å². The second-order valence-electron chi connectivity index (χ2n) is 7.80. The van der Waals surface area contributed by atoms with Gasteiger partial charge in [0.25, 0.3) is 0 Å². The van der Waals surface area contributed by atoms with E-state index in [0.29, 0.717) is 18.4 Å². The molecule has 2 heterocycles. The van der Waals surface area contributed by atoms with Crippen LogP contribution in [0.2, 0.25) is 0 Å². The van der Waals surface area contributed by atoms with Crippen LogP contribution in [0, 0.1) is 12.8 Å². The van der Waals surface area contributed by atoms with Crippen molar-refractivity contribution in [1.29, 1.82) is 0 Å². The first-order valence-electron chi connectivity index (χ1n) is 9.75. The van der Waals surface area contributed by atoms with Crippen molar-refractivity contribution in [2.45, 2.75) is 51.7 Å². The number of benzene rings is 1. The summed E-state index contributed by atoms with van der Waals surface area (Å²) in [4.78, 5) is 14.4. The lowest BCUT2D eigenvalue weighted by molar-refractivity contribution is -0.121. The maximum atomic E-state index is 11.9. The average molecular weight is 352 g/mol. The molecule has 1 aliphatic heterocycles. The normalized spacial score (nSPS) is 20.0. The van der Waals surface area contributed by atoms with Gasteiger partial charge in [0.1, 0.15) is 0 Å². The van der Waals surface area contributed by atoms with Crippen molar-refractivity contribution in [3.63, 3.8) is 0 Å². The average Bonchev–Trinajstić information content (AvgIpc) is 3.30. The molecule has 2 aliphatic rings. The molecule has 138 valence electrons. The van der Waals surface area contributed by atoms with Gasteiger partial charge >= 0.3 is 0 Å². The SMILES string of the molecule is Cc1ccccc1CN1Cc2ccnn2[C@@H](CCNC(=O)CC2CC2)C1. The molecule has 1 N–H and O–H groups in total. The maximum absolute atomic E-state index is 11.9. The van der Waals surface area contributed by atoms with Crippen molar-refractivity contribution in [2.75, 3.05) is 13.1 Å². The lowest BCUT2D eigenvalue weighted by Gasteiger charge is -2.34. The minimum atomic E-state index is 0.209. The van der Waals surface area contributed by atoms with Crippen molar-refractivity contribution in [3.8, 4) is 0 Å². The molecule has 4 rings (SSSR count). The van der Waals surface area contributed by atoms with Crippen LogP contribution in [0.3, 0.4) is 0 Å². The van der Waals surface area contributed by atoms with Gasteiger partial charge in [0.05, 0.1) is 11.7 Å². The van der Waals surface area contributed by atoms with E-state index in [1.165, 1.54) is 29.7 Å². The minimum absolute atomic E-state index is 0.209. The first kappa shape index (κ1) is 17.3. The molecule has 1 fully saturated rings. The summed E-state index contributed by atoms with van der Waals surface area (Å²) < 4.78 is 2.15. The van der Waals surface area contributed by atoms with Crippen LogP contribution in [0.1, 0.15) is 48.5 Å². The standard InChI is InChI=1S/C21H28N4O/c1-16-4-2-3-5-18(16)13-24-14-19(25-20(15-24)9-11-23-25)8-10-22-21(26)12-17-6-7-17/h2-5,9,11,17,19H,6-8,10,12-15H2,1H3,(H,22,26)/t19-/m0/s1. The number of carbonyl (C=O) groups is 1. The molecule has 26 heavy (non-hydrogen) atoms. The highest BCUT2D eigenvalue weighted by molar-refractivity contribution is 5.76. The Morgan fingerprint density at radius 1 is 1.27 bits per heavy atom. The Kier molecular flexibility index (Phi) is 5.07. The Balaban J connectivity index is 1.36. The second-order valence-corrected chi connectivity index (χ2v) is 7.80. The summed E-state index contributed by atoms with van der Waals surface area (Å²) in [6, 6.07) is 11.0. The van der Waals surface area contributed by atoms with Gasteiger partial charge in [-0.3, -0.25) is 14.4 Å². The van der Waals surface area contributed by atoms with Gasteiger partial charge in [0.2, 0.25) is 5.91 Å². The van der Waals surface area contributed by atoms with Gasteiger partial charge in [-0.1, -0.05) is 24.3 Å². The fraction of sp³-hybridized carbons (Fsp3) is 0.524. The number of hydrogen-bond donors (Lipinski definition) is 1. The second kappa shape index (κ2) is 7.62. The van der Waals surface area contributed by atoms with Crippen LogP contribution in [0.4, 0.5) is 0 Å². The molecular weight excluding hydrogens is 324 g/mol. The number of carbonyl (C=O) groups excluding carboxylic acids is 1. The van der Waals surface area contributed by atoms with E-state index in [4.69, 9.17) is 0 Å². The number of aromatic nitrogens is 2. The Labute approximate surface area is 155 Å². The molecule has 0 bridgehead atoms. The fourth-order valence-electron chi connectivity index (χ4n) is 3.86. The molecule has 1 atom stereocenters. The van der Waals surface area contributed by atoms with Gasteiger partial charge in [0, 0.05) is 38.8 Å². The molecular formula is C21H28N4O. The van der Waals surface area contributed by atoms with E-state index in [1.807, 2.05) is 6.20 Å². The highest BCUT2D eigenvalue weighted by Crippen LogP contribution is 2.32. The van der Waals surface area contributed by atoms with Crippen molar-refractivity contribution in [2.24, 2.45) is 5.92 Å². The Hall–Kier alpha value is -2.14. The van der Waals surface area contributed by atoms with Crippen LogP contribution in [0.5, 0.6) is 0 Å². The van der Waals surface area contributed by atoms with E-state index in [9.17, 15) is 4.79 Å². The van der Waals surface area contributed by atoms with Gasteiger partial charge in [0.15, 0.2) is 0 Å². The molecule has 1 saturated carbocycles. The van der Waals surface area contributed by atoms with Crippen molar-refractivity contribution in [3.05, 3.63) is 53.3 Å². The number of fused-ring (bicyclic) bond motifs is 1. The van der Waals surface area contributed by atoms with Crippen molar-refractivity contribution in [1.82, 2.24) is 20.0 Å². The molecule has 1 aromatic carbocycles. The number of aryl methyl sites for hydroxylation is 1. The van der Waals surface area contributed by atoms with Crippen molar-refractivity contribution < 1.29 is 4.79 Å². The summed E-state index contributed by atoms with van der Waals surface area (Å²) in [7, 11) is 0. The van der Waals surface area contributed by atoms with Gasteiger partial charge < -0.3 is 5.32 Å². The third kappa shape index (κ3) is 4.15. The third-order valence-electron chi connectivity index (χ3n) is 5.58. The molecule has 0 spiro atoms. The molecule has 5 heteroatoms. The van der Waals surface area contributed by atoms with Gasteiger partial charge in [-0.2, -0.15) is 5.10 Å². The number of nitrogens with one attached hydrogen (secondary N) is 1. The van der Waals surface area contributed by atoms with Gasteiger partial charge in [-0.05, 0) is 49.3 Å². The third-order valence-corrected chi connectivity index (χ3v) is 5.58. The van der Waals surface area contributed by atoms with E-state index in [2.05, 4.69) is 57.3 Å². The molecule has 0 radical (unpaired) electrons. The molecule has 5 nitrogen and oxygen atoms in total. The van der Waals surface area contributed by atoms with E-state index in [0.717, 1.165) is 32.6 Å². The number of hydrogen-bond acceptors (Lipinski definition) is 3. The number of rotatable bonds is 7. The van der Waals surface area contributed by atoms with Gasteiger partial charge in [-0.25, -0.2) is 0 Å². The highest BCUT2D eigenvalue weighted by Gasteiger charge is 2.27. The Morgan fingerprint density at radius 2 is 2.12 bits per heavy atom. The summed E-state index contributed by atoms with van der Waals surface area (Å²) >= 11 is 0. The number of amides is 1. The number of nitrogens with zero attached hydrogens (tertiary/aromatic N) is 3. The van der Waals surface area contributed by atoms with Gasteiger partial charge in [-0.15, -0.1) is 0 Å². The Bertz CT molecular complexity index is 765. The predicted molar refractivity (Wildman–Crippen MR) is 102 cm³/mol. The molecule has 0 unspecified atom stereocenters. The zero-order valence-electron chi connectivity index (χ0n) is 15.5. The molecule has 1 aromatic heterocycles. The quantitative estimate of drug-likeness (QED) is 0.833. The molecule has 1 aliphatic carbocycles. The molecule has 1 amide bonds. The summed E-state index contributed by atoms with van der Waals surface area (Å²) in [5, 5.41) is 7.63. The fourth-order valence-corrected chi connectivity index (χ4v) is 3.86. The van der Waals surface area contributed by atoms with Crippen LogP contribution in [-0.4, -0.2) is 33.7 Å². The Morgan fingerprint density at radius 3 is 2.92 bits per heavy atom. The minimum Gasteiger partial charge on any atom is -0.356 e. The predicted octanol–water partition coefficient (Wildman–Crippen LogP) is 3.05. The smallest absolute Gasteiger partial charge is 0.220 e. The summed E-state index contributed by atoms with van der Waals surface area (Å²) in [5.74, 6) is 0.854. The zero-order chi connectivity index (χ0) is 17.9. The van der Waals surface area contributed by atoms with E-state index in [1.54, 1.807) is 0 Å². The van der Waals surface area contributed by atoms with Crippen LogP contribution in [0.25, 0.3) is 0 Å². The molecule has 2 aromatic rings. The summed E-state index contributed by atoms with van der Waals surface area (Å²) in [6.07, 6.45) is 5.97. The first-order valence-corrected chi connectivity index (χ1v) is 9.75. The lowest BCUT2D eigenvalue weighted by Crippen LogP contribution is -2.39. The van der Waals surface area contributed by atoms with E-state index in [-0.39, 0.29) is 5.91 Å². The van der Waals surface area contributed by atoms with Crippen LogP contribution < -0.4 is 5.32 Å². The van der Waals surface area contributed by atoms with Crippen LogP contribution >= 0.6 is 0 Å². The molecule has 0 saturated heterocycles. The monoisotopic (exact) mass is 352 g/mol. The topological polar surface area (TPSA) is 50.2 Å². The lowest BCUT2D eigenvalue weighted by atomic mass is 10.1. The van der Waals surface area contributed by atoms with Crippen molar-refractivity contribution >= 4 is 5.91 Å². The zero-order valence-corrected chi connectivity index (χ0v) is 15.5. The maximum Gasteiger partial charge on any atom is 0.220 e. The highest BCUT2D eigenvalue weighted by atomic mass is 16.1. The largest absolute Gasteiger partial charge is 0.356 e.